The minimum Gasteiger partial charge on any atom is -0.475 e. The van der Waals surface area contributed by atoms with Gasteiger partial charge in [0.05, 0.1) is 19.3 Å². The van der Waals surface area contributed by atoms with E-state index in [4.69, 9.17) is 22.4 Å². The molecule has 0 bridgehead atoms. The van der Waals surface area contributed by atoms with E-state index in [0.717, 1.165) is 6.42 Å². The molecule has 0 spiro atoms. The zero-order valence-corrected chi connectivity index (χ0v) is 38.9. The summed E-state index contributed by atoms with van der Waals surface area (Å²) in [6.45, 7) is 49.1. The van der Waals surface area contributed by atoms with Crippen LogP contribution in [0.5, 0.6) is 0 Å². The van der Waals surface area contributed by atoms with Gasteiger partial charge in [-0.1, -0.05) is 102 Å². The Labute approximate surface area is 295 Å². The molecular formula is C37H76O6Si4. The van der Waals surface area contributed by atoms with Crippen molar-refractivity contribution < 1.29 is 27.2 Å². The summed E-state index contributed by atoms with van der Waals surface area (Å²) in [5.41, 5.74) is -0.713. The SMILES string of the molecule is CC/C=C\[C@H](O[Si](C)(C)C(C)(C)C)[C@H](O[Si](C)(C)C(C)(C)C)C1=C(C)C(=O)C(CO[Si](C)(C)C(C)(C)C)(CO[Si](C)(C)C(C)(C)C)O1. The summed E-state index contributed by atoms with van der Waals surface area (Å²) in [7, 11) is -9.12. The standard InChI is InChI=1S/C37H76O6Si4/c1-23-24-25-29(42-46(19,20)35(9,10)11)31(43-47(21,22)36(12,13)14)30-28(2)32(38)37(41-30,26-39-44(15,16)33(3,4)5)27-40-45(17,18)34(6,7)8/h24-25,29,31H,23,26-27H2,1-22H3/b25-24-/t29-,31-/m0/s1. The minimum atomic E-state index is -2.38. The molecule has 0 saturated carbocycles. The summed E-state index contributed by atoms with van der Waals surface area (Å²) in [5, 5.41) is -0.127. The third-order valence-corrected chi connectivity index (χ3v) is 29.8. The van der Waals surface area contributed by atoms with Crippen LogP contribution in [0.1, 0.15) is 103 Å². The number of carbonyl (C=O) groups is 1. The third kappa shape index (κ3) is 10.6. The van der Waals surface area contributed by atoms with Crippen LogP contribution < -0.4 is 0 Å². The fraction of sp³-hybridized carbons (Fsp3) is 0.865. The van der Waals surface area contributed by atoms with E-state index >= 15 is 0 Å². The maximum absolute atomic E-state index is 14.7. The molecule has 0 fully saturated rings. The Hall–Kier alpha value is -0.342. The van der Waals surface area contributed by atoms with Crippen LogP contribution >= 0.6 is 0 Å². The average Bonchev–Trinajstić information content (AvgIpc) is 3.10. The number of hydrogen-bond donors (Lipinski definition) is 0. The highest BCUT2D eigenvalue weighted by molar-refractivity contribution is 6.75. The van der Waals surface area contributed by atoms with Gasteiger partial charge in [0.1, 0.15) is 11.9 Å². The van der Waals surface area contributed by atoms with E-state index < -0.39 is 51.1 Å². The van der Waals surface area contributed by atoms with E-state index in [-0.39, 0.29) is 39.2 Å². The first kappa shape index (κ1) is 44.7. The lowest BCUT2D eigenvalue weighted by molar-refractivity contribution is -0.140. The first-order valence-corrected chi connectivity index (χ1v) is 29.5. The molecule has 0 aromatic heterocycles. The molecule has 0 radical (unpaired) electrons. The normalized spacial score (nSPS) is 19.1. The Morgan fingerprint density at radius 1 is 0.660 bits per heavy atom. The van der Waals surface area contributed by atoms with Crippen molar-refractivity contribution in [3.05, 3.63) is 23.5 Å². The molecule has 0 aromatic carbocycles. The van der Waals surface area contributed by atoms with Gasteiger partial charge >= 0.3 is 0 Å². The molecule has 0 amide bonds. The van der Waals surface area contributed by atoms with Crippen molar-refractivity contribution in [2.45, 2.75) is 194 Å². The van der Waals surface area contributed by atoms with Gasteiger partial charge in [-0.2, -0.15) is 0 Å². The van der Waals surface area contributed by atoms with Crippen molar-refractivity contribution in [3.8, 4) is 0 Å². The molecule has 1 aliphatic rings. The maximum Gasteiger partial charge on any atom is 0.214 e. The van der Waals surface area contributed by atoms with Gasteiger partial charge in [0, 0.05) is 5.57 Å². The monoisotopic (exact) mass is 728 g/mol. The molecule has 2 atom stereocenters. The molecule has 1 heterocycles. The van der Waals surface area contributed by atoms with Gasteiger partial charge in [0.15, 0.2) is 33.3 Å². The molecule has 0 aromatic rings. The number of Topliss-reactive ketones (excluding diaryl/α,β-unsaturated/α-hetero) is 1. The summed E-state index contributed by atoms with van der Waals surface area (Å²) in [6.07, 6.45) is 4.17. The lowest BCUT2D eigenvalue weighted by atomic mass is 9.96. The Morgan fingerprint density at radius 2 is 1.02 bits per heavy atom. The highest BCUT2D eigenvalue weighted by atomic mass is 28.4. The van der Waals surface area contributed by atoms with Crippen LogP contribution in [0.25, 0.3) is 0 Å². The molecule has 10 heteroatoms. The van der Waals surface area contributed by atoms with Crippen LogP contribution in [0.4, 0.5) is 0 Å². The summed E-state index contributed by atoms with van der Waals surface area (Å²) < 4.78 is 35.2. The highest BCUT2D eigenvalue weighted by Gasteiger charge is 2.56. The Bertz CT molecular complexity index is 1110. The first-order valence-electron chi connectivity index (χ1n) is 17.8. The summed E-state index contributed by atoms with van der Waals surface area (Å²) >= 11 is 0. The molecule has 0 saturated heterocycles. The van der Waals surface area contributed by atoms with Gasteiger partial charge in [-0.05, 0) is 85.9 Å². The number of ether oxygens (including phenoxy) is 1. The van der Waals surface area contributed by atoms with Crippen LogP contribution in [-0.4, -0.2) is 70.1 Å². The highest BCUT2D eigenvalue weighted by Crippen LogP contribution is 2.46. The van der Waals surface area contributed by atoms with Crippen molar-refractivity contribution in [2.75, 3.05) is 13.2 Å². The number of allylic oxidation sites excluding steroid dienone is 1. The molecular weight excluding hydrogens is 653 g/mol. The largest absolute Gasteiger partial charge is 0.475 e. The van der Waals surface area contributed by atoms with Gasteiger partial charge in [-0.3, -0.25) is 4.79 Å². The van der Waals surface area contributed by atoms with E-state index in [0.29, 0.717) is 11.3 Å². The molecule has 276 valence electrons. The second-order valence-corrected chi connectivity index (χ2v) is 39.1. The van der Waals surface area contributed by atoms with E-state index in [9.17, 15) is 4.79 Å². The van der Waals surface area contributed by atoms with Crippen LogP contribution in [0.2, 0.25) is 72.5 Å². The van der Waals surface area contributed by atoms with Crippen LogP contribution in [0.3, 0.4) is 0 Å². The average molecular weight is 729 g/mol. The predicted molar refractivity (Wildman–Crippen MR) is 211 cm³/mol. The number of carbonyl (C=O) groups excluding carboxylic acids is 1. The number of hydrogen-bond acceptors (Lipinski definition) is 6. The third-order valence-electron chi connectivity index (χ3n) is 12.0. The smallest absolute Gasteiger partial charge is 0.214 e. The zero-order chi connectivity index (χ0) is 37.5. The van der Waals surface area contributed by atoms with Crippen LogP contribution in [0.15, 0.2) is 23.5 Å². The van der Waals surface area contributed by atoms with Gasteiger partial charge in [-0.15, -0.1) is 0 Å². The van der Waals surface area contributed by atoms with Gasteiger partial charge in [0.25, 0.3) is 0 Å². The summed E-state index contributed by atoms with van der Waals surface area (Å²) in [6, 6.07) is 0. The molecule has 1 aliphatic heterocycles. The fourth-order valence-corrected chi connectivity index (χ4v) is 8.59. The summed E-state index contributed by atoms with van der Waals surface area (Å²) in [5.74, 6) is 0.501. The number of ketones is 1. The van der Waals surface area contributed by atoms with Crippen molar-refractivity contribution in [1.82, 2.24) is 0 Å². The Balaban J connectivity index is 3.96. The minimum absolute atomic E-state index is 0.0135. The maximum atomic E-state index is 14.7. The summed E-state index contributed by atoms with van der Waals surface area (Å²) in [4.78, 5) is 14.7. The lowest BCUT2D eigenvalue weighted by Crippen LogP contribution is -2.55. The Kier molecular flexibility index (Phi) is 14.0. The van der Waals surface area contributed by atoms with E-state index in [1.54, 1.807) is 0 Å². The van der Waals surface area contributed by atoms with Gasteiger partial charge < -0.3 is 22.4 Å². The Morgan fingerprint density at radius 3 is 1.36 bits per heavy atom. The van der Waals surface area contributed by atoms with Crippen molar-refractivity contribution in [2.24, 2.45) is 0 Å². The fourth-order valence-electron chi connectivity index (χ4n) is 4.07. The van der Waals surface area contributed by atoms with Gasteiger partial charge in [-0.25, -0.2) is 0 Å². The van der Waals surface area contributed by atoms with E-state index in [2.05, 4.69) is 155 Å². The zero-order valence-electron chi connectivity index (χ0n) is 34.9. The molecule has 0 N–H and O–H groups in total. The van der Waals surface area contributed by atoms with Gasteiger partial charge in [0.2, 0.25) is 11.4 Å². The van der Waals surface area contributed by atoms with Crippen LogP contribution in [0, 0.1) is 0 Å². The second-order valence-electron chi connectivity index (χ2n) is 20.0. The van der Waals surface area contributed by atoms with E-state index in [1.807, 2.05) is 6.92 Å². The molecule has 0 aliphatic carbocycles. The number of rotatable bonds is 14. The molecule has 47 heavy (non-hydrogen) atoms. The molecule has 1 rings (SSSR count). The van der Waals surface area contributed by atoms with E-state index in [1.165, 1.54) is 0 Å². The first-order chi connectivity index (χ1) is 20.6. The van der Waals surface area contributed by atoms with Crippen molar-refractivity contribution >= 4 is 39.1 Å². The predicted octanol–water partition coefficient (Wildman–Crippen LogP) is 11.4. The topological polar surface area (TPSA) is 63.2 Å². The lowest BCUT2D eigenvalue weighted by Gasteiger charge is -2.45. The van der Waals surface area contributed by atoms with Crippen LogP contribution in [-0.2, 0) is 27.2 Å². The quantitative estimate of drug-likeness (QED) is 0.131. The molecule has 6 nitrogen and oxygen atoms in total. The molecule has 0 unspecified atom stereocenters. The van der Waals surface area contributed by atoms with Crippen molar-refractivity contribution in [1.29, 1.82) is 0 Å². The second kappa shape index (κ2) is 14.7. The van der Waals surface area contributed by atoms with Crippen molar-refractivity contribution in [3.63, 3.8) is 0 Å².